The van der Waals surface area contributed by atoms with Crippen molar-refractivity contribution in [3.8, 4) is 11.5 Å². The largest absolute Gasteiger partial charge is 0.454 e. The van der Waals surface area contributed by atoms with Gasteiger partial charge in [0.05, 0.1) is 11.1 Å². The summed E-state index contributed by atoms with van der Waals surface area (Å²) in [6.07, 6.45) is 5.13. The Bertz CT molecular complexity index is 1330. The van der Waals surface area contributed by atoms with Crippen LogP contribution in [0.4, 0.5) is 5.69 Å². The number of carbonyl (C=O) groups excluding carboxylic acids is 1. The topological polar surface area (TPSA) is 90.6 Å². The van der Waals surface area contributed by atoms with Crippen LogP contribution in [0.5, 0.6) is 11.5 Å². The third-order valence-corrected chi connectivity index (χ3v) is 7.77. The van der Waals surface area contributed by atoms with Crippen molar-refractivity contribution in [2.45, 2.75) is 31.3 Å². The Hall–Kier alpha value is -2.85. The standard InChI is InChI=1S/C21H19N5O3S2/c1-11-2-4-13-16(6-11)31-20-18(13)19-24-25-21(26(19)9-22-20)30-8-17(27)23-12-3-5-14-15(7-12)29-10-28-14/h3,5,7,9,11H,2,4,6,8,10H2,1H3,(H,23,27). The van der Waals surface area contributed by atoms with Crippen LogP contribution in [0.25, 0.3) is 15.9 Å². The maximum absolute atomic E-state index is 12.5. The predicted molar refractivity (Wildman–Crippen MR) is 119 cm³/mol. The molecule has 0 saturated carbocycles. The van der Waals surface area contributed by atoms with Crippen molar-refractivity contribution in [1.82, 2.24) is 19.6 Å². The molecule has 0 spiro atoms. The van der Waals surface area contributed by atoms with Gasteiger partial charge in [0.25, 0.3) is 0 Å². The number of benzene rings is 1. The first kappa shape index (κ1) is 18.9. The molecule has 1 aliphatic heterocycles. The number of thioether (sulfide) groups is 1. The lowest BCUT2D eigenvalue weighted by Crippen LogP contribution is -2.14. The molecule has 1 atom stereocenters. The van der Waals surface area contributed by atoms with Gasteiger partial charge >= 0.3 is 0 Å². The summed E-state index contributed by atoms with van der Waals surface area (Å²) in [5, 5.41) is 13.5. The first-order valence-electron chi connectivity index (χ1n) is 10.1. The number of carbonyl (C=O) groups is 1. The fraction of sp³-hybridized carbons (Fsp3) is 0.333. The van der Waals surface area contributed by atoms with Crippen molar-refractivity contribution in [2.24, 2.45) is 5.92 Å². The number of ether oxygens (including phenoxy) is 2. The lowest BCUT2D eigenvalue weighted by atomic mass is 9.89. The second-order valence-electron chi connectivity index (χ2n) is 7.86. The molecule has 6 rings (SSSR count). The van der Waals surface area contributed by atoms with E-state index >= 15 is 0 Å². The molecule has 2 aliphatic rings. The average Bonchev–Trinajstić information content (AvgIpc) is 3.47. The number of anilines is 1. The number of fused-ring (bicyclic) bond motifs is 6. The highest BCUT2D eigenvalue weighted by atomic mass is 32.2. The van der Waals surface area contributed by atoms with Crippen molar-refractivity contribution in [1.29, 1.82) is 0 Å². The van der Waals surface area contributed by atoms with Gasteiger partial charge in [-0.05, 0) is 42.9 Å². The highest BCUT2D eigenvalue weighted by Crippen LogP contribution is 2.39. The van der Waals surface area contributed by atoms with E-state index in [1.807, 2.05) is 4.40 Å². The highest BCUT2D eigenvalue weighted by Gasteiger charge is 2.24. The number of rotatable bonds is 4. The molecule has 1 unspecified atom stereocenters. The monoisotopic (exact) mass is 453 g/mol. The maximum Gasteiger partial charge on any atom is 0.234 e. The third-order valence-electron chi connectivity index (χ3n) is 5.66. The highest BCUT2D eigenvalue weighted by molar-refractivity contribution is 7.99. The Morgan fingerprint density at radius 2 is 2.23 bits per heavy atom. The van der Waals surface area contributed by atoms with Gasteiger partial charge in [-0.3, -0.25) is 9.20 Å². The summed E-state index contributed by atoms with van der Waals surface area (Å²) in [5.41, 5.74) is 2.87. The van der Waals surface area contributed by atoms with Crippen LogP contribution in [0.3, 0.4) is 0 Å². The molecule has 8 nitrogen and oxygen atoms in total. The molecule has 0 bridgehead atoms. The summed E-state index contributed by atoms with van der Waals surface area (Å²) in [4.78, 5) is 19.6. The Kier molecular flexibility index (Phi) is 4.50. The van der Waals surface area contributed by atoms with Crippen LogP contribution in [0.1, 0.15) is 23.8 Å². The van der Waals surface area contributed by atoms with E-state index in [1.54, 1.807) is 35.9 Å². The summed E-state index contributed by atoms with van der Waals surface area (Å²) < 4.78 is 12.5. The van der Waals surface area contributed by atoms with Gasteiger partial charge in [0.2, 0.25) is 12.7 Å². The molecular weight excluding hydrogens is 434 g/mol. The second-order valence-corrected chi connectivity index (χ2v) is 9.88. The molecule has 0 saturated heterocycles. The summed E-state index contributed by atoms with van der Waals surface area (Å²) in [6.45, 7) is 2.51. The van der Waals surface area contributed by atoms with Crippen LogP contribution >= 0.6 is 23.1 Å². The van der Waals surface area contributed by atoms with Crippen LogP contribution in [0.2, 0.25) is 0 Å². The minimum Gasteiger partial charge on any atom is -0.454 e. The molecule has 1 aliphatic carbocycles. The molecule has 10 heteroatoms. The molecule has 3 aromatic heterocycles. The number of aromatic nitrogens is 4. The van der Waals surface area contributed by atoms with E-state index in [0.29, 0.717) is 28.3 Å². The summed E-state index contributed by atoms with van der Waals surface area (Å²) in [7, 11) is 0. The van der Waals surface area contributed by atoms with Crippen LogP contribution < -0.4 is 14.8 Å². The fourth-order valence-electron chi connectivity index (χ4n) is 4.12. The van der Waals surface area contributed by atoms with E-state index in [1.165, 1.54) is 28.6 Å². The van der Waals surface area contributed by atoms with Crippen LogP contribution in [-0.2, 0) is 17.6 Å². The average molecular weight is 454 g/mol. The number of hydrogen-bond donors (Lipinski definition) is 1. The zero-order valence-electron chi connectivity index (χ0n) is 16.8. The van der Waals surface area contributed by atoms with E-state index in [4.69, 9.17) is 9.47 Å². The zero-order chi connectivity index (χ0) is 20.9. The Labute approximate surface area is 186 Å². The molecule has 4 heterocycles. The van der Waals surface area contributed by atoms with E-state index in [0.717, 1.165) is 28.7 Å². The van der Waals surface area contributed by atoms with E-state index in [9.17, 15) is 4.79 Å². The quantitative estimate of drug-likeness (QED) is 0.468. The summed E-state index contributed by atoms with van der Waals surface area (Å²) >= 11 is 3.12. The lowest BCUT2D eigenvalue weighted by Gasteiger charge is -2.17. The number of aryl methyl sites for hydroxylation is 1. The van der Waals surface area contributed by atoms with Gasteiger partial charge < -0.3 is 14.8 Å². The molecule has 158 valence electrons. The maximum atomic E-state index is 12.5. The van der Waals surface area contributed by atoms with Crippen LogP contribution in [-0.4, -0.2) is 38.0 Å². The van der Waals surface area contributed by atoms with Gasteiger partial charge in [-0.25, -0.2) is 4.98 Å². The van der Waals surface area contributed by atoms with E-state index in [2.05, 4.69) is 27.4 Å². The number of hydrogen-bond acceptors (Lipinski definition) is 8. The Morgan fingerprint density at radius 1 is 1.32 bits per heavy atom. The number of thiophene rings is 1. The Morgan fingerprint density at radius 3 is 3.16 bits per heavy atom. The first-order chi connectivity index (χ1) is 15.2. The van der Waals surface area contributed by atoms with Gasteiger partial charge in [-0.15, -0.1) is 21.5 Å². The smallest absolute Gasteiger partial charge is 0.234 e. The molecule has 31 heavy (non-hydrogen) atoms. The van der Waals surface area contributed by atoms with Crippen LogP contribution in [0, 0.1) is 5.92 Å². The first-order valence-corrected chi connectivity index (χ1v) is 11.9. The molecule has 0 fully saturated rings. The van der Waals surface area contributed by atoms with Gasteiger partial charge in [0.1, 0.15) is 11.2 Å². The number of amides is 1. The summed E-state index contributed by atoms with van der Waals surface area (Å²) in [5.74, 6) is 2.12. The SMILES string of the molecule is CC1CCc2c(sc3ncn4c(SCC(=O)Nc5ccc6c(c5)OCO6)nnc4c23)C1. The van der Waals surface area contributed by atoms with Crippen molar-refractivity contribution in [2.75, 3.05) is 17.9 Å². The molecule has 1 aromatic carbocycles. The number of nitrogens with one attached hydrogen (secondary N) is 1. The van der Waals surface area contributed by atoms with Gasteiger partial charge in [0, 0.05) is 16.6 Å². The van der Waals surface area contributed by atoms with Crippen molar-refractivity contribution >= 4 is 50.6 Å². The fourth-order valence-corrected chi connectivity index (χ4v) is 6.17. The second kappa shape index (κ2) is 7.38. The van der Waals surface area contributed by atoms with E-state index in [-0.39, 0.29) is 18.5 Å². The summed E-state index contributed by atoms with van der Waals surface area (Å²) in [6, 6.07) is 5.35. The molecule has 1 amide bonds. The molecule has 4 aromatic rings. The lowest BCUT2D eigenvalue weighted by molar-refractivity contribution is -0.113. The van der Waals surface area contributed by atoms with E-state index < -0.39 is 0 Å². The molecule has 1 N–H and O–H groups in total. The normalized spacial score (nSPS) is 17.3. The number of nitrogens with zero attached hydrogens (tertiary/aromatic N) is 4. The molecular formula is C21H19N5O3S2. The third kappa shape index (κ3) is 3.30. The van der Waals surface area contributed by atoms with Crippen molar-refractivity contribution < 1.29 is 14.3 Å². The van der Waals surface area contributed by atoms with Gasteiger partial charge in [-0.2, -0.15) is 0 Å². The Balaban J connectivity index is 1.21. The molecule has 0 radical (unpaired) electrons. The minimum absolute atomic E-state index is 0.128. The predicted octanol–water partition coefficient (Wildman–Crippen LogP) is 3.92. The van der Waals surface area contributed by atoms with Gasteiger partial charge in [0.15, 0.2) is 22.3 Å². The van der Waals surface area contributed by atoms with Crippen molar-refractivity contribution in [3.05, 3.63) is 35.0 Å². The van der Waals surface area contributed by atoms with Gasteiger partial charge in [-0.1, -0.05) is 18.7 Å². The minimum atomic E-state index is -0.128. The van der Waals surface area contributed by atoms with Crippen molar-refractivity contribution in [3.63, 3.8) is 0 Å². The zero-order valence-corrected chi connectivity index (χ0v) is 18.4. The van der Waals surface area contributed by atoms with Crippen LogP contribution in [0.15, 0.2) is 29.7 Å².